The van der Waals surface area contributed by atoms with Crippen molar-refractivity contribution < 1.29 is 5.11 Å². The molecule has 1 aromatic carbocycles. The molecule has 3 heterocycles. The summed E-state index contributed by atoms with van der Waals surface area (Å²) in [5, 5.41) is 11.4. The topological polar surface area (TPSA) is 39.6 Å². The molecule has 0 amide bonds. The molecular formula is C21H29N3O. The standard InChI is InChI=1S/C21H29N3O/c1-16-6-7-19-17(5-3-10-22-19)18(16)13-24-12-9-21(15-25)8-4-11-23(2)20(21)14-24/h3,5-7,10,20,25H,4,8-9,11-15H2,1-2H3/t20-,21-/m1/s1. The van der Waals surface area contributed by atoms with Crippen LogP contribution in [0.2, 0.25) is 0 Å². The zero-order chi connectivity index (χ0) is 17.4. The maximum Gasteiger partial charge on any atom is 0.0705 e. The minimum Gasteiger partial charge on any atom is -0.396 e. The Kier molecular flexibility index (Phi) is 4.52. The number of hydrogen-bond donors (Lipinski definition) is 1. The first kappa shape index (κ1) is 17.0. The average Bonchev–Trinajstić information content (AvgIpc) is 2.65. The number of nitrogens with zero attached hydrogens (tertiary/aromatic N) is 3. The first-order valence-electron chi connectivity index (χ1n) is 9.50. The van der Waals surface area contributed by atoms with Crippen LogP contribution in [0.3, 0.4) is 0 Å². The molecule has 4 rings (SSSR count). The van der Waals surface area contributed by atoms with E-state index in [1.54, 1.807) is 0 Å². The van der Waals surface area contributed by atoms with E-state index in [0.29, 0.717) is 12.6 Å². The van der Waals surface area contributed by atoms with Crippen LogP contribution in [0.1, 0.15) is 30.4 Å². The monoisotopic (exact) mass is 339 g/mol. The summed E-state index contributed by atoms with van der Waals surface area (Å²) < 4.78 is 0. The highest BCUT2D eigenvalue weighted by Gasteiger charge is 2.46. The van der Waals surface area contributed by atoms with Crippen molar-refractivity contribution in [2.45, 2.75) is 38.8 Å². The molecule has 1 aromatic heterocycles. The molecule has 2 saturated heterocycles. The Morgan fingerprint density at radius 3 is 2.96 bits per heavy atom. The van der Waals surface area contributed by atoms with E-state index in [1.165, 1.54) is 29.4 Å². The van der Waals surface area contributed by atoms with Crippen LogP contribution in [0.25, 0.3) is 10.9 Å². The predicted octanol–water partition coefficient (Wildman–Crippen LogP) is 2.82. The minimum absolute atomic E-state index is 0.110. The van der Waals surface area contributed by atoms with Gasteiger partial charge in [-0.25, -0.2) is 0 Å². The normalized spacial score (nSPS) is 28.2. The zero-order valence-corrected chi connectivity index (χ0v) is 15.4. The van der Waals surface area contributed by atoms with Crippen molar-refractivity contribution in [1.29, 1.82) is 0 Å². The molecular weight excluding hydrogens is 310 g/mol. The molecule has 0 unspecified atom stereocenters. The SMILES string of the molecule is Cc1ccc2ncccc2c1CN1CC[C@@]2(CO)CCCN(C)[C@@H]2C1. The van der Waals surface area contributed by atoms with Gasteiger partial charge in [-0.05, 0) is 69.6 Å². The van der Waals surface area contributed by atoms with Crippen LogP contribution in [0, 0.1) is 12.3 Å². The molecule has 2 atom stereocenters. The third-order valence-corrected chi connectivity index (χ3v) is 6.61. The van der Waals surface area contributed by atoms with Gasteiger partial charge < -0.3 is 10.0 Å². The second-order valence-corrected chi connectivity index (χ2v) is 8.04. The minimum atomic E-state index is 0.110. The largest absolute Gasteiger partial charge is 0.396 e. The van der Waals surface area contributed by atoms with Crippen LogP contribution in [-0.2, 0) is 6.54 Å². The Hall–Kier alpha value is -1.49. The van der Waals surface area contributed by atoms with Gasteiger partial charge in [-0.1, -0.05) is 12.1 Å². The van der Waals surface area contributed by atoms with E-state index in [9.17, 15) is 5.11 Å². The second-order valence-electron chi connectivity index (χ2n) is 8.04. The van der Waals surface area contributed by atoms with Gasteiger partial charge in [-0.2, -0.15) is 0 Å². The summed E-state index contributed by atoms with van der Waals surface area (Å²) in [5.41, 5.74) is 3.94. The van der Waals surface area contributed by atoms with Gasteiger partial charge in [0.15, 0.2) is 0 Å². The fraction of sp³-hybridized carbons (Fsp3) is 0.571. The molecule has 2 aromatic rings. The van der Waals surface area contributed by atoms with Crippen molar-refractivity contribution in [2.75, 3.05) is 33.3 Å². The number of pyridine rings is 1. The van der Waals surface area contributed by atoms with Crippen molar-refractivity contribution in [3.05, 3.63) is 41.6 Å². The number of piperidine rings is 2. The fourth-order valence-corrected chi connectivity index (χ4v) is 4.97. The fourth-order valence-electron chi connectivity index (χ4n) is 4.97. The number of fused-ring (bicyclic) bond motifs is 2. The van der Waals surface area contributed by atoms with Gasteiger partial charge in [0.2, 0.25) is 0 Å². The third kappa shape index (κ3) is 2.97. The highest BCUT2D eigenvalue weighted by atomic mass is 16.3. The van der Waals surface area contributed by atoms with Gasteiger partial charge in [0.1, 0.15) is 0 Å². The van der Waals surface area contributed by atoms with Crippen molar-refractivity contribution in [3.8, 4) is 0 Å². The lowest BCUT2D eigenvalue weighted by molar-refractivity contribution is -0.0684. The van der Waals surface area contributed by atoms with Crippen LogP contribution in [0.4, 0.5) is 0 Å². The van der Waals surface area contributed by atoms with Crippen LogP contribution in [0.5, 0.6) is 0 Å². The first-order chi connectivity index (χ1) is 12.1. The highest BCUT2D eigenvalue weighted by molar-refractivity contribution is 5.83. The second kappa shape index (κ2) is 6.67. The molecule has 134 valence electrons. The molecule has 0 saturated carbocycles. The van der Waals surface area contributed by atoms with E-state index >= 15 is 0 Å². The maximum atomic E-state index is 10.1. The summed E-state index contributed by atoms with van der Waals surface area (Å²) in [7, 11) is 2.23. The highest BCUT2D eigenvalue weighted by Crippen LogP contribution is 2.42. The third-order valence-electron chi connectivity index (χ3n) is 6.61. The number of benzene rings is 1. The Morgan fingerprint density at radius 2 is 2.12 bits per heavy atom. The Bertz CT molecular complexity index is 762. The molecule has 25 heavy (non-hydrogen) atoms. The predicted molar refractivity (Wildman–Crippen MR) is 102 cm³/mol. The maximum absolute atomic E-state index is 10.1. The van der Waals surface area contributed by atoms with E-state index in [0.717, 1.165) is 38.1 Å². The summed E-state index contributed by atoms with van der Waals surface area (Å²) in [4.78, 5) is 9.57. The van der Waals surface area contributed by atoms with Crippen molar-refractivity contribution in [2.24, 2.45) is 5.41 Å². The summed E-state index contributed by atoms with van der Waals surface area (Å²) >= 11 is 0. The number of rotatable bonds is 3. The summed E-state index contributed by atoms with van der Waals surface area (Å²) in [6.45, 7) is 6.77. The lowest BCUT2D eigenvalue weighted by atomic mass is 9.69. The van der Waals surface area contributed by atoms with E-state index in [-0.39, 0.29) is 5.41 Å². The van der Waals surface area contributed by atoms with E-state index in [1.807, 2.05) is 12.3 Å². The van der Waals surface area contributed by atoms with E-state index in [4.69, 9.17) is 0 Å². The molecule has 0 spiro atoms. The molecule has 2 aliphatic heterocycles. The van der Waals surface area contributed by atoms with E-state index in [2.05, 4.69) is 47.0 Å². The van der Waals surface area contributed by atoms with Gasteiger partial charge in [-0.15, -0.1) is 0 Å². The number of likely N-dealkylation sites (tertiary alicyclic amines) is 2. The van der Waals surface area contributed by atoms with Crippen LogP contribution < -0.4 is 0 Å². The Labute approximate surface area is 150 Å². The number of hydrogen-bond acceptors (Lipinski definition) is 4. The van der Waals surface area contributed by atoms with Crippen LogP contribution >= 0.6 is 0 Å². The van der Waals surface area contributed by atoms with E-state index < -0.39 is 0 Å². The summed E-state index contributed by atoms with van der Waals surface area (Å²) in [5.74, 6) is 0. The smallest absolute Gasteiger partial charge is 0.0705 e. The first-order valence-corrected chi connectivity index (χ1v) is 9.50. The molecule has 4 nitrogen and oxygen atoms in total. The number of likely N-dealkylation sites (N-methyl/N-ethyl adjacent to an activating group) is 1. The number of aryl methyl sites for hydroxylation is 1. The molecule has 0 aliphatic carbocycles. The zero-order valence-electron chi connectivity index (χ0n) is 15.4. The number of aliphatic hydroxyl groups excluding tert-OH is 1. The van der Waals surface area contributed by atoms with Gasteiger partial charge >= 0.3 is 0 Å². The lowest BCUT2D eigenvalue weighted by Gasteiger charge is -2.53. The quantitative estimate of drug-likeness (QED) is 0.933. The molecule has 2 fully saturated rings. The van der Waals surface area contributed by atoms with Crippen molar-refractivity contribution in [1.82, 2.24) is 14.8 Å². The molecule has 1 N–H and O–H groups in total. The van der Waals surface area contributed by atoms with Gasteiger partial charge in [-0.3, -0.25) is 9.88 Å². The van der Waals surface area contributed by atoms with Crippen molar-refractivity contribution >= 4 is 10.9 Å². The summed E-state index contributed by atoms with van der Waals surface area (Å²) in [6.07, 6.45) is 5.35. The molecule has 0 bridgehead atoms. The van der Waals surface area contributed by atoms with Gasteiger partial charge in [0.05, 0.1) is 12.1 Å². The van der Waals surface area contributed by atoms with Gasteiger partial charge in [0, 0.05) is 36.1 Å². The molecule has 2 aliphatic rings. The Balaban J connectivity index is 1.60. The van der Waals surface area contributed by atoms with Crippen LogP contribution in [-0.4, -0.2) is 59.2 Å². The van der Waals surface area contributed by atoms with Crippen molar-refractivity contribution in [3.63, 3.8) is 0 Å². The lowest BCUT2D eigenvalue weighted by Crippen LogP contribution is -2.61. The average molecular weight is 339 g/mol. The van der Waals surface area contributed by atoms with Crippen LogP contribution in [0.15, 0.2) is 30.5 Å². The number of aromatic nitrogens is 1. The Morgan fingerprint density at radius 1 is 1.24 bits per heavy atom. The molecule has 4 heteroatoms. The summed E-state index contributed by atoms with van der Waals surface area (Å²) in [6, 6.07) is 9.01. The van der Waals surface area contributed by atoms with Gasteiger partial charge in [0.25, 0.3) is 0 Å². The number of aliphatic hydroxyl groups is 1. The molecule has 0 radical (unpaired) electrons.